The van der Waals surface area contributed by atoms with Gasteiger partial charge in [0.1, 0.15) is 12.3 Å². The number of benzene rings is 2. The van der Waals surface area contributed by atoms with Crippen molar-refractivity contribution < 1.29 is 18.8 Å². The Morgan fingerprint density at radius 3 is 2.40 bits per heavy atom. The number of hydrogen-bond acceptors (Lipinski definition) is 3. The second-order valence-corrected chi connectivity index (χ2v) is 7.46. The molecule has 0 saturated carbocycles. The fraction of sp³-hybridized carbons (Fsp3) is 0.381. The average Bonchev–Trinajstić information content (AvgIpc) is 2.63. The molecule has 2 aromatic rings. The largest absolute Gasteiger partial charge is 0.514 e. The molecule has 130 valence electrons. The van der Waals surface area contributed by atoms with Gasteiger partial charge in [-0.3, -0.25) is 0 Å². The number of carbonyl (C=O) groups excluding carboxylic acids is 1. The standard InChI is InChI=1S/C21H24NO3/c1-22-13-11-17(12-14-22)20(15-22)25-21(23)24-19-10-6-5-9-18(19)16-7-3-2-4-8-16/h2-10,17,20H,11-15H2,1H3/q+1/t17?,20-,22?/m0/s1. The second-order valence-electron chi connectivity index (χ2n) is 7.46. The summed E-state index contributed by atoms with van der Waals surface area (Å²) in [5.41, 5.74) is 1.92. The molecule has 3 aliphatic heterocycles. The molecule has 0 radical (unpaired) electrons. The number of piperidine rings is 3. The van der Waals surface area contributed by atoms with Crippen molar-refractivity contribution in [3.8, 4) is 16.9 Å². The van der Waals surface area contributed by atoms with E-state index in [0.29, 0.717) is 11.7 Å². The third-order valence-corrected chi connectivity index (χ3v) is 5.64. The van der Waals surface area contributed by atoms with Gasteiger partial charge in [-0.1, -0.05) is 48.5 Å². The van der Waals surface area contributed by atoms with E-state index >= 15 is 0 Å². The van der Waals surface area contributed by atoms with Gasteiger partial charge in [0.25, 0.3) is 0 Å². The summed E-state index contributed by atoms with van der Waals surface area (Å²) < 4.78 is 12.3. The van der Waals surface area contributed by atoms with Crippen molar-refractivity contribution in [2.45, 2.75) is 18.9 Å². The number of likely N-dealkylation sites (N-methyl/N-ethyl adjacent to an activating group) is 1. The Morgan fingerprint density at radius 1 is 1.00 bits per heavy atom. The van der Waals surface area contributed by atoms with E-state index in [1.807, 2.05) is 54.6 Å². The quantitative estimate of drug-likeness (QED) is 0.480. The number of para-hydroxylation sites is 1. The first kappa shape index (κ1) is 16.2. The molecule has 0 spiro atoms. The maximum absolute atomic E-state index is 12.4. The van der Waals surface area contributed by atoms with Gasteiger partial charge in [0.15, 0.2) is 6.10 Å². The number of nitrogens with zero attached hydrogens (tertiary/aromatic N) is 1. The van der Waals surface area contributed by atoms with E-state index in [0.717, 1.165) is 35.0 Å². The van der Waals surface area contributed by atoms with Crippen LogP contribution < -0.4 is 4.74 Å². The van der Waals surface area contributed by atoms with Gasteiger partial charge < -0.3 is 14.0 Å². The van der Waals surface area contributed by atoms with Gasteiger partial charge >= 0.3 is 6.16 Å². The number of rotatable bonds is 3. The number of quaternary nitrogens is 1. The molecule has 0 N–H and O–H groups in total. The third kappa shape index (κ3) is 3.40. The smallest absolute Gasteiger partial charge is 0.424 e. The first-order chi connectivity index (χ1) is 12.1. The minimum absolute atomic E-state index is 0.0242. The molecular formula is C21H24NO3+. The van der Waals surface area contributed by atoms with Gasteiger partial charge in [0, 0.05) is 24.3 Å². The Balaban J connectivity index is 1.47. The van der Waals surface area contributed by atoms with E-state index in [9.17, 15) is 4.79 Å². The van der Waals surface area contributed by atoms with E-state index in [1.165, 1.54) is 13.1 Å². The maximum atomic E-state index is 12.4. The molecule has 1 atom stereocenters. The van der Waals surface area contributed by atoms with Crippen LogP contribution in [-0.4, -0.2) is 43.4 Å². The van der Waals surface area contributed by atoms with Crippen LogP contribution in [0.4, 0.5) is 4.79 Å². The summed E-state index contributed by atoms with van der Waals surface area (Å²) in [6.07, 6.45) is 1.65. The molecule has 3 heterocycles. The molecule has 2 aromatic carbocycles. The molecule has 0 amide bonds. The lowest BCUT2D eigenvalue weighted by molar-refractivity contribution is -0.928. The second kappa shape index (κ2) is 6.52. The third-order valence-electron chi connectivity index (χ3n) is 5.64. The summed E-state index contributed by atoms with van der Waals surface area (Å²) in [7, 11) is 2.25. The predicted molar refractivity (Wildman–Crippen MR) is 96.3 cm³/mol. The lowest BCUT2D eigenvalue weighted by atomic mass is 9.84. The lowest BCUT2D eigenvalue weighted by Gasteiger charge is -2.49. The predicted octanol–water partition coefficient (Wildman–Crippen LogP) is 4.11. The van der Waals surface area contributed by atoms with Crippen LogP contribution in [0.15, 0.2) is 54.6 Å². The molecule has 0 unspecified atom stereocenters. The highest BCUT2D eigenvalue weighted by Gasteiger charge is 2.45. The van der Waals surface area contributed by atoms with Crippen molar-refractivity contribution in [2.24, 2.45) is 5.92 Å². The summed E-state index contributed by atoms with van der Waals surface area (Å²) in [5, 5.41) is 0. The Kier molecular flexibility index (Phi) is 4.22. The van der Waals surface area contributed by atoms with Crippen molar-refractivity contribution in [3.05, 3.63) is 54.6 Å². The van der Waals surface area contributed by atoms with Gasteiger partial charge in [0.05, 0.1) is 20.1 Å². The maximum Gasteiger partial charge on any atom is 0.514 e. The molecule has 4 nitrogen and oxygen atoms in total. The Bertz CT molecular complexity index is 751. The Hall–Kier alpha value is -2.33. The number of ether oxygens (including phenoxy) is 2. The normalized spacial score (nSPS) is 27.7. The zero-order valence-electron chi connectivity index (χ0n) is 14.6. The van der Waals surface area contributed by atoms with Crippen molar-refractivity contribution in [3.63, 3.8) is 0 Å². The van der Waals surface area contributed by atoms with Gasteiger partial charge in [-0.25, -0.2) is 4.79 Å². The summed E-state index contributed by atoms with van der Waals surface area (Å²) in [5.74, 6) is 1.03. The zero-order chi connectivity index (χ0) is 17.3. The van der Waals surface area contributed by atoms with E-state index in [-0.39, 0.29) is 6.10 Å². The van der Waals surface area contributed by atoms with Crippen LogP contribution in [0.5, 0.6) is 5.75 Å². The first-order valence-corrected chi connectivity index (χ1v) is 8.99. The van der Waals surface area contributed by atoms with Crippen LogP contribution in [0.1, 0.15) is 12.8 Å². The van der Waals surface area contributed by atoms with Crippen LogP contribution in [0.3, 0.4) is 0 Å². The Labute approximate surface area is 148 Å². The fourth-order valence-corrected chi connectivity index (χ4v) is 4.13. The topological polar surface area (TPSA) is 35.5 Å². The summed E-state index contributed by atoms with van der Waals surface area (Å²) in [6.45, 7) is 3.28. The number of carbonyl (C=O) groups is 1. The highest BCUT2D eigenvalue weighted by atomic mass is 16.7. The SMILES string of the molecule is C[N+]12CCC(CC1)[C@@H](OC(=O)Oc1ccccc1-c1ccccc1)C2. The minimum Gasteiger partial charge on any atom is -0.424 e. The van der Waals surface area contributed by atoms with E-state index in [4.69, 9.17) is 9.47 Å². The van der Waals surface area contributed by atoms with Crippen LogP contribution in [0.2, 0.25) is 0 Å². The molecular weight excluding hydrogens is 314 g/mol. The average molecular weight is 338 g/mol. The number of hydrogen-bond donors (Lipinski definition) is 0. The van der Waals surface area contributed by atoms with E-state index < -0.39 is 6.16 Å². The first-order valence-electron chi connectivity index (χ1n) is 8.99. The molecule has 3 saturated heterocycles. The lowest BCUT2D eigenvalue weighted by Crippen LogP contribution is -2.62. The monoisotopic (exact) mass is 338 g/mol. The molecule has 25 heavy (non-hydrogen) atoms. The summed E-state index contributed by atoms with van der Waals surface area (Å²) in [4.78, 5) is 12.4. The summed E-state index contributed by atoms with van der Waals surface area (Å²) in [6, 6.07) is 17.5. The molecule has 4 heteroatoms. The van der Waals surface area contributed by atoms with Crippen molar-refractivity contribution in [2.75, 3.05) is 26.7 Å². The van der Waals surface area contributed by atoms with E-state index in [1.54, 1.807) is 0 Å². The van der Waals surface area contributed by atoms with E-state index in [2.05, 4.69) is 7.05 Å². The molecule has 5 rings (SSSR count). The van der Waals surface area contributed by atoms with Crippen LogP contribution in [0.25, 0.3) is 11.1 Å². The fourth-order valence-electron chi connectivity index (χ4n) is 4.13. The molecule has 3 aliphatic rings. The van der Waals surface area contributed by atoms with Gasteiger partial charge in [-0.2, -0.15) is 0 Å². The molecule has 0 aromatic heterocycles. The molecule has 2 bridgehead atoms. The highest BCUT2D eigenvalue weighted by Crippen LogP contribution is 2.35. The zero-order valence-corrected chi connectivity index (χ0v) is 14.6. The highest BCUT2D eigenvalue weighted by molar-refractivity contribution is 5.74. The van der Waals surface area contributed by atoms with Crippen molar-refractivity contribution in [1.82, 2.24) is 0 Å². The van der Waals surface area contributed by atoms with Crippen LogP contribution in [0, 0.1) is 5.92 Å². The molecule has 3 fully saturated rings. The van der Waals surface area contributed by atoms with Gasteiger partial charge in [-0.15, -0.1) is 0 Å². The Morgan fingerprint density at radius 2 is 1.68 bits per heavy atom. The van der Waals surface area contributed by atoms with Gasteiger partial charge in [-0.05, 0) is 11.6 Å². The van der Waals surface area contributed by atoms with Crippen LogP contribution in [-0.2, 0) is 4.74 Å². The van der Waals surface area contributed by atoms with Crippen molar-refractivity contribution in [1.29, 1.82) is 0 Å². The van der Waals surface area contributed by atoms with Crippen LogP contribution >= 0.6 is 0 Å². The number of fused-ring (bicyclic) bond motifs is 3. The summed E-state index contributed by atoms with van der Waals surface area (Å²) >= 11 is 0. The molecule has 0 aliphatic carbocycles. The van der Waals surface area contributed by atoms with Crippen molar-refractivity contribution >= 4 is 6.16 Å². The minimum atomic E-state index is -0.589. The van der Waals surface area contributed by atoms with Gasteiger partial charge in [0.2, 0.25) is 0 Å².